The molecule has 0 fully saturated rings. The first-order chi connectivity index (χ1) is 7.20. The summed E-state index contributed by atoms with van der Waals surface area (Å²) in [5.41, 5.74) is 0.926. The molecule has 2 rings (SSSR count). The van der Waals surface area contributed by atoms with Gasteiger partial charge < -0.3 is 9.26 Å². The van der Waals surface area contributed by atoms with Gasteiger partial charge in [0.25, 0.3) is 5.56 Å². The number of aromatic amines is 1. The maximum Gasteiger partial charge on any atom is 0.280 e. The maximum atomic E-state index is 11.0. The van der Waals surface area contributed by atoms with Crippen molar-refractivity contribution in [1.82, 2.24) is 5.16 Å². The number of ether oxygens (including phenoxy) is 1. The van der Waals surface area contributed by atoms with Crippen molar-refractivity contribution in [3.05, 3.63) is 46.0 Å². The van der Waals surface area contributed by atoms with Gasteiger partial charge in [0.05, 0.1) is 12.0 Å². The molecular formula is C11H13NO3. The first kappa shape index (κ1) is 9.98. The number of allylic oxidation sites excluding steroid dienone is 2. The van der Waals surface area contributed by atoms with Crippen LogP contribution in [-0.2, 0) is 4.74 Å². The number of methoxy groups -OCH3 is 1. The molecule has 0 bridgehead atoms. The first-order valence-corrected chi connectivity index (χ1v) is 4.78. The van der Waals surface area contributed by atoms with Crippen molar-refractivity contribution in [3.8, 4) is 0 Å². The van der Waals surface area contributed by atoms with Crippen molar-refractivity contribution in [2.75, 3.05) is 7.11 Å². The van der Waals surface area contributed by atoms with E-state index in [1.54, 1.807) is 7.11 Å². The lowest BCUT2D eigenvalue weighted by atomic mass is 9.92. The summed E-state index contributed by atoms with van der Waals surface area (Å²) in [6.07, 6.45) is 5.91. The lowest BCUT2D eigenvalue weighted by Crippen LogP contribution is -2.19. The highest BCUT2D eigenvalue weighted by molar-refractivity contribution is 5.30. The molecule has 2 atom stereocenters. The molecule has 0 aromatic carbocycles. The molecule has 15 heavy (non-hydrogen) atoms. The molecule has 4 heteroatoms. The fourth-order valence-corrected chi connectivity index (χ4v) is 1.72. The molecule has 2 unspecified atom stereocenters. The van der Waals surface area contributed by atoms with Crippen molar-refractivity contribution in [1.29, 1.82) is 0 Å². The van der Waals surface area contributed by atoms with E-state index in [0.29, 0.717) is 5.76 Å². The van der Waals surface area contributed by atoms with Crippen LogP contribution in [0.1, 0.15) is 18.6 Å². The molecule has 0 saturated carbocycles. The van der Waals surface area contributed by atoms with E-state index in [1.165, 1.54) is 6.07 Å². The Morgan fingerprint density at radius 1 is 1.53 bits per heavy atom. The molecule has 0 radical (unpaired) electrons. The quantitative estimate of drug-likeness (QED) is 0.801. The number of H-pyrrole nitrogens is 1. The summed E-state index contributed by atoms with van der Waals surface area (Å²) in [6, 6.07) is 1.45. The summed E-state index contributed by atoms with van der Waals surface area (Å²) < 4.78 is 10.4. The molecule has 1 heterocycles. The van der Waals surface area contributed by atoms with Crippen LogP contribution >= 0.6 is 0 Å². The minimum atomic E-state index is -0.223. The highest BCUT2D eigenvalue weighted by atomic mass is 16.5. The van der Waals surface area contributed by atoms with E-state index >= 15 is 0 Å². The summed E-state index contributed by atoms with van der Waals surface area (Å²) in [5, 5.41) is 2.28. The number of rotatable bonds is 2. The predicted octanol–water partition coefficient (Wildman–Crippen LogP) is 1.58. The second-order valence-corrected chi connectivity index (χ2v) is 3.61. The van der Waals surface area contributed by atoms with Crippen molar-refractivity contribution >= 4 is 0 Å². The normalized spacial score (nSPS) is 25.3. The number of hydrogen-bond donors (Lipinski definition) is 1. The molecule has 1 aromatic rings. The van der Waals surface area contributed by atoms with Crippen LogP contribution in [0.15, 0.2) is 39.2 Å². The Kier molecular flexibility index (Phi) is 2.60. The minimum Gasteiger partial charge on any atom is -0.383 e. The fraction of sp³-hybridized carbons (Fsp3) is 0.364. The van der Waals surface area contributed by atoms with E-state index < -0.39 is 0 Å². The standard InChI is InChI=1S/C11H13NO3/c1-7-3-4-8(9(5-7)14-2)10-6-11(13)12-15-10/h3-6,8-9H,1-2H3,(H,12,13). The zero-order chi connectivity index (χ0) is 10.8. The van der Waals surface area contributed by atoms with Gasteiger partial charge in [0.2, 0.25) is 0 Å². The van der Waals surface area contributed by atoms with Crippen LogP contribution in [0.2, 0.25) is 0 Å². The number of nitrogens with one attached hydrogen (secondary N) is 1. The summed E-state index contributed by atoms with van der Waals surface area (Å²) in [6.45, 7) is 2.01. The summed E-state index contributed by atoms with van der Waals surface area (Å²) in [4.78, 5) is 11.0. The van der Waals surface area contributed by atoms with Crippen molar-refractivity contribution in [2.24, 2.45) is 0 Å². The zero-order valence-electron chi connectivity index (χ0n) is 8.69. The van der Waals surface area contributed by atoms with Gasteiger partial charge in [-0.15, -0.1) is 0 Å². The molecular weight excluding hydrogens is 194 g/mol. The average molecular weight is 207 g/mol. The Hall–Kier alpha value is -1.55. The van der Waals surface area contributed by atoms with Crippen LogP contribution in [-0.4, -0.2) is 18.4 Å². The van der Waals surface area contributed by atoms with Gasteiger partial charge in [-0.3, -0.25) is 4.79 Å². The molecule has 0 aliphatic heterocycles. The van der Waals surface area contributed by atoms with E-state index in [2.05, 4.69) is 5.16 Å². The smallest absolute Gasteiger partial charge is 0.280 e. The van der Waals surface area contributed by atoms with Crippen LogP contribution in [0.5, 0.6) is 0 Å². The van der Waals surface area contributed by atoms with Gasteiger partial charge in [-0.1, -0.05) is 23.8 Å². The van der Waals surface area contributed by atoms with Crippen LogP contribution in [0.25, 0.3) is 0 Å². The first-order valence-electron chi connectivity index (χ1n) is 4.78. The molecule has 0 spiro atoms. The molecule has 1 aromatic heterocycles. The molecule has 0 saturated heterocycles. The number of aromatic nitrogens is 1. The van der Waals surface area contributed by atoms with E-state index in [0.717, 1.165) is 5.57 Å². The van der Waals surface area contributed by atoms with Gasteiger partial charge >= 0.3 is 0 Å². The molecule has 4 nitrogen and oxygen atoms in total. The Morgan fingerprint density at radius 3 is 2.93 bits per heavy atom. The van der Waals surface area contributed by atoms with Gasteiger partial charge in [0.15, 0.2) is 0 Å². The van der Waals surface area contributed by atoms with Gasteiger partial charge in [0.1, 0.15) is 5.76 Å². The third-order valence-corrected chi connectivity index (χ3v) is 2.49. The van der Waals surface area contributed by atoms with Crippen molar-refractivity contribution in [3.63, 3.8) is 0 Å². The lowest BCUT2D eigenvalue weighted by Gasteiger charge is -2.21. The lowest BCUT2D eigenvalue weighted by molar-refractivity contribution is 0.119. The van der Waals surface area contributed by atoms with Gasteiger partial charge in [-0.2, -0.15) is 5.16 Å². The summed E-state index contributed by atoms with van der Waals surface area (Å²) in [5.74, 6) is 0.574. The van der Waals surface area contributed by atoms with Crippen molar-refractivity contribution in [2.45, 2.75) is 18.9 Å². The highest BCUT2D eigenvalue weighted by Crippen LogP contribution is 2.27. The minimum absolute atomic E-state index is 0.0300. The van der Waals surface area contributed by atoms with Crippen molar-refractivity contribution < 1.29 is 9.26 Å². The van der Waals surface area contributed by atoms with Crippen LogP contribution in [0, 0.1) is 0 Å². The Bertz CT molecular complexity index is 452. The summed E-state index contributed by atoms with van der Waals surface area (Å²) in [7, 11) is 1.64. The van der Waals surface area contributed by atoms with Crippen LogP contribution in [0.4, 0.5) is 0 Å². The second kappa shape index (κ2) is 3.90. The van der Waals surface area contributed by atoms with E-state index in [9.17, 15) is 4.79 Å². The van der Waals surface area contributed by atoms with Gasteiger partial charge in [-0.25, -0.2) is 0 Å². The molecule has 1 aliphatic rings. The summed E-state index contributed by atoms with van der Waals surface area (Å²) >= 11 is 0. The topological polar surface area (TPSA) is 55.2 Å². The number of hydrogen-bond acceptors (Lipinski definition) is 3. The van der Waals surface area contributed by atoms with E-state index in [-0.39, 0.29) is 17.6 Å². The Labute approximate surface area is 87.2 Å². The van der Waals surface area contributed by atoms with Gasteiger partial charge in [-0.05, 0) is 6.92 Å². The van der Waals surface area contributed by atoms with E-state index in [4.69, 9.17) is 9.26 Å². The molecule has 80 valence electrons. The fourth-order valence-electron chi connectivity index (χ4n) is 1.72. The third-order valence-electron chi connectivity index (χ3n) is 2.49. The van der Waals surface area contributed by atoms with E-state index in [1.807, 2.05) is 25.2 Å². The van der Waals surface area contributed by atoms with Gasteiger partial charge in [0, 0.05) is 13.2 Å². The molecule has 0 amide bonds. The molecule has 1 N–H and O–H groups in total. The Morgan fingerprint density at radius 2 is 2.33 bits per heavy atom. The SMILES string of the molecule is COC1C=C(C)C=CC1c1cc(=O)[nH]o1. The Balaban J connectivity index is 2.30. The van der Waals surface area contributed by atoms with Crippen LogP contribution in [0.3, 0.4) is 0 Å². The maximum absolute atomic E-state index is 11.0. The predicted molar refractivity (Wildman–Crippen MR) is 55.8 cm³/mol. The molecule has 1 aliphatic carbocycles. The largest absolute Gasteiger partial charge is 0.383 e. The highest BCUT2D eigenvalue weighted by Gasteiger charge is 2.24. The monoisotopic (exact) mass is 207 g/mol. The third kappa shape index (κ3) is 1.94. The average Bonchev–Trinajstić information content (AvgIpc) is 2.64. The van der Waals surface area contributed by atoms with Crippen LogP contribution < -0.4 is 5.56 Å². The zero-order valence-corrected chi connectivity index (χ0v) is 8.69. The second-order valence-electron chi connectivity index (χ2n) is 3.61.